The Kier molecular flexibility index (Phi) is 2.05. The largest absolute Gasteiger partial charge is 0.456 e. The first kappa shape index (κ1) is 10.4. The molecule has 2 fully saturated rings. The Morgan fingerprint density at radius 3 is 2.47 bits per heavy atom. The van der Waals surface area contributed by atoms with Gasteiger partial charge in [-0.15, -0.1) is 0 Å². The third kappa shape index (κ3) is 1.07. The van der Waals surface area contributed by atoms with E-state index in [2.05, 4.69) is 5.32 Å². The third-order valence-electron chi connectivity index (χ3n) is 3.32. The first-order valence-electron chi connectivity index (χ1n) is 5.12. The lowest BCUT2D eigenvalue weighted by molar-refractivity contribution is -0.206. The van der Waals surface area contributed by atoms with Crippen molar-refractivity contribution in [3.05, 3.63) is 0 Å². The van der Waals surface area contributed by atoms with Crippen LogP contribution in [0.2, 0.25) is 0 Å². The van der Waals surface area contributed by atoms with E-state index in [-0.39, 0.29) is 17.7 Å². The van der Waals surface area contributed by atoms with E-state index in [9.17, 15) is 14.7 Å². The second-order valence-electron chi connectivity index (χ2n) is 4.66. The number of esters is 1. The van der Waals surface area contributed by atoms with Gasteiger partial charge in [0.25, 0.3) is 0 Å². The summed E-state index contributed by atoms with van der Waals surface area (Å²) in [7, 11) is 0. The summed E-state index contributed by atoms with van der Waals surface area (Å²) >= 11 is 0. The molecule has 84 valence electrons. The highest BCUT2D eigenvalue weighted by atomic mass is 16.6. The Morgan fingerprint density at radius 2 is 2.07 bits per heavy atom. The molecule has 5 nitrogen and oxygen atoms in total. The Bertz CT molecular complexity index is 327. The van der Waals surface area contributed by atoms with E-state index in [0.29, 0.717) is 0 Å². The van der Waals surface area contributed by atoms with E-state index in [0.717, 1.165) is 0 Å². The van der Waals surface area contributed by atoms with Crippen molar-refractivity contribution in [1.82, 2.24) is 5.32 Å². The zero-order chi connectivity index (χ0) is 11.4. The topological polar surface area (TPSA) is 75.6 Å². The summed E-state index contributed by atoms with van der Waals surface area (Å²) in [5.41, 5.74) is -1.19. The van der Waals surface area contributed by atoms with Crippen LogP contribution in [0.5, 0.6) is 0 Å². The fourth-order valence-corrected chi connectivity index (χ4v) is 2.33. The summed E-state index contributed by atoms with van der Waals surface area (Å²) in [5, 5.41) is 12.6. The molecule has 2 saturated heterocycles. The van der Waals surface area contributed by atoms with E-state index < -0.39 is 23.7 Å². The summed E-state index contributed by atoms with van der Waals surface area (Å²) in [5.74, 6) is -1.24. The summed E-state index contributed by atoms with van der Waals surface area (Å²) in [6.45, 7) is 5.30. The highest BCUT2D eigenvalue weighted by Gasteiger charge is 2.70. The number of aliphatic hydroxyl groups excluding tert-OH is 1. The Labute approximate surface area is 87.8 Å². The predicted molar refractivity (Wildman–Crippen MR) is 50.8 cm³/mol. The van der Waals surface area contributed by atoms with Crippen molar-refractivity contribution in [2.24, 2.45) is 11.8 Å². The van der Waals surface area contributed by atoms with Crippen LogP contribution >= 0.6 is 0 Å². The number of carbonyl (C=O) groups excluding carboxylic acids is 2. The van der Waals surface area contributed by atoms with E-state index in [1.165, 1.54) is 0 Å². The lowest BCUT2D eigenvalue weighted by atomic mass is 9.76. The van der Waals surface area contributed by atoms with Gasteiger partial charge in [0.05, 0.1) is 12.0 Å². The minimum Gasteiger partial charge on any atom is -0.456 e. The monoisotopic (exact) mass is 213 g/mol. The first-order chi connectivity index (χ1) is 6.91. The Hall–Kier alpha value is -1.10. The maximum Gasteiger partial charge on any atom is 0.338 e. The van der Waals surface area contributed by atoms with Crippen LogP contribution in [-0.2, 0) is 14.3 Å². The lowest BCUT2D eigenvalue weighted by Gasteiger charge is -2.46. The van der Waals surface area contributed by atoms with Gasteiger partial charge < -0.3 is 15.2 Å². The number of hydrogen-bond acceptors (Lipinski definition) is 4. The van der Waals surface area contributed by atoms with Crippen LogP contribution in [0, 0.1) is 11.8 Å². The Balaban J connectivity index is 2.33. The van der Waals surface area contributed by atoms with Gasteiger partial charge in [-0.05, 0) is 12.8 Å². The van der Waals surface area contributed by atoms with Crippen LogP contribution in [0.4, 0.5) is 0 Å². The molecule has 2 aliphatic heterocycles. The van der Waals surface area contributed by atoms with Gasteiger partial charge in [-0.3, -0.25) is 4.79 Å². The second kappa shape index (κ2) is 2.95. The fraction of sp³-hybridized carbons (Fsp3) is 0.800. The molecule has 0 radical (unpaired) electrons. The molecule has 0 unspecified atom stereocenters. The molecule has 2 N–H and O–H groups in total. The number of amides is 1. The molecule has 15 heavy (non-hydrogen) atoms. The summed E-state index contributed by atoms with van der Waals surface area (Å²) < 4.78 is 4.94. The molecule has 2 aliphatic rings. The highest BCUT2D eigenvalue weighted by molar-refractivity contribution is 5.99. The van der Waals surface area contributed by atoms with Gasteiger partial charge in [0.2, 0.25) is 11.4 Å². The van der Waals surface area contributed by atoms with E-state index in [1.807, 2.05) is 0 Å². The van der Waals surface area contributed by atoms with Crippen LogP contribution in [-0.4, -0.2) is 34.7 Å². The fourth-order valence-electron chi connectivity index (χ4n) is 2.33. The third-order valence-corrected chi connectivity index (χ3v) is 3.32. The van der Waals surface area contributed by atoms with Gasteiger partial charge in [-0.2, -0.15) is 0 Å². The molecule has 1 amide bonds. The molecule has 0 aliphatic carbocycles. The quantitative estimate of drug-likeness (QED) is 0.602. The number of fused-ring (bicyclic) bond motifs is 1. The zero-order valence-corrected chi connectivity index (χ0v) is 8.98. The molecule has 0 aromatic carbocycles. The van der Waals surface area contributed by atoms with Crippen LogP contribution in [0.3, 0.4) is 0 Å². The van der Waals surface area contributed by atoms with Crippen molar-refractivity contribution in [2.75, 3.05) is 0 Å². The normalized spacial score (nSPS) is 40.6. The van der Waals surface area contributed by atoms with Crippen LogP contribution in [0.1, 0.15) is 20.8 Å². The van der Waals surface area contributed by atoms with E-state index in [1.54, 1.807) is 20.8 Å². The maximum absolute atomic E-state index is 11.5. The molecule has 0 aromatic heterocycles. The molecule has 5 heteroatoms. The van der Waals surface area contributed by atoms with Gasteiger partial charge in [-0.1, -0.05) is 13.8 Å². The van der Waals surface area contributed by atoms with Crippen molar-refractivity contribution in [3.63, 3.8) is 0 Å². The second-order valence-corrected chi connectivity index (χ2v) is 4.66. The standard InChI is InChI=1S/C10H15NO4/c1-4(2)6(12)10-7(15-9(10)14)5(3)8(13)11-10/h4-7,12H,1-3H3,(H,11,13)/t5-,6-,7-,10+/m0/s1. The summed E-state index contributed by atoms with van der Waals surface area (Å²) in [4.78, 5) is 22.9. The van der Waals surface area contributed by atoms with Crippen molar-refractivity contribution in [2.45, 2.75) is 38.5 Å². The molecular formula is C10H15NO4. The van der Waals surface area contributed by atoms with Gasteiger partial charge >= 0.3 is 5.97 Å². The number of hydrogen-bond donors (Lipinski definition) is 2. The molecule has 0 bridgehead atoms. The molecule has 0 aromatic rings. The van der Waals surface area contributed by atoms with E-state index >= 15 is 0 Å². The van der Waals surface area contributed by atoms with Gasteiger partial charge in [0, 0.05) is 0 Å². The number of aliphatic hydroxyl groups is 1. The number of carbonyl (C=O) groups is 2. The van der Waals surface area contributed by atoms with Crippen LogP contribution in [0.15, 0.2) is 0 Å². The van der Waals surface area contributed by atoms with Crippen LogP contribution in [0.25, 0.3) is 0 Å². The van der Waals surface area contributed by atoms with Crippen molar-refractivity contribution in [3.8, 4) is 0 Å². The van der Waals surface area contributed by atoms with Crippen molar-refractivity contribution < 1.29 is 19.4 Å². The van der Waals surface area contributed by atoms with Crippen molar-refractivity contribution >= 4 is 11.9 Å². The summed E-state index contributed by atoms with van der Waals surface area (Å²) in [6, 6.07) is 0. The smallest absolute Gasteiger partial charge is 0.338 e. The van der Waals surface area contributed by atoms with E-state index in [4.69, 9.17) is 4.74 Å². The molecule has 0 spiro atoms. The number of nitrogens with one attached hydrogen (secondary N) is 1. The predicted octanol–water partition coefficient (Wildman–Crippen LogP) is -0.567. The number of ether oxygens (including phenoxy) is 1. The SMILES string of the molecule is CC(C)[C@H](O)[C@@]12NC(=O)[C@@H](C)[C@@H]1OC2=O. The molecular weight excluding hydrogens is 198 g/mol. The van der Waals surface area contributed by atoms with Crippen LogP contribution < -0.4 is 5.32 Å². The first-order valence-corrected chi connectivity index (χ1v) is 5.12. The number of rotatable bonds is 2. The minimum atomic E-state index is -1.19. The lowest BCUT2D eigenvalue weighted by Crippen LogP contribution is -2.73. The molecule has 0 saturated carbocycles. The minimum absolute atomic E-state index is 0.106. The highest BCUT2D eigenvalue weighted by Crippen LogP contribution is 2.42. The van der Waals surface area contributed by atoms with Gasteiger partial charge in [-0.25, -0.2) is 4.79 Å². The molecule has 2 heterocycles. The Morgan fingerprint density at radius 1 is 1.47 bits per heavy atom. The average molecular weight is 213 g/mol. The zero-order valence-electron chi connectivity index (χ0n) is 8.98. The summed E-state index contributed by atoms with van der Waals surface area (Å²) in [6.07, 6.45) is -1.41. The maximum atomic E-state index is 11.5. The van der Waals surface area contributed by atoms with Gasteiger partial charge in [0.15, 0.2) is 0 Å². The van der Waals surface area contributed by atoms with Crippen molar-refractivity contribution in [1.29, 1.82) is 0 Å². The average Bonchev–Trinajstić information content (AvgIpc) is 2.37. The van der Waals surface area contributed by atoms with Gasteiger partial charge in [0.1, 0.15) is 6.10 Å². The molecule has 2 rings (SSSR count). The molecule has 4 atom stereocenters.